The fourth-order valence-electron chi connectivity index (χ4n) is 2.72. The van der Waals surface area contributed by atoms with Gasteiger partial charge in [0.15, 0.2) is 0 Å². The molecule has 3 unspecified atom stereocenters. The molecule has 0 aromatic heterocycles. The summed E-state index contributed by atoms with van der Waals surface area (Å²) in [5.74, 6) is -0.190. The molecule has 0 aliphatic heterocycles. The second-order valence-electron chi connectivity index (χ2n) is 4.10. The van der Waals surface area contributed by atoms with Gasteiger partial charge in [0.1, 0.15) is 0 Å². The van der Waals surface area contributed by atoms with E-state index in [-0.39, 0.29) is 11.8 Å². The average molecular weight is 209 g/mol. The average Bonchev–Trinajstić information content (AvgIpc) is 2.70. The topological polar surface area (TPSA) is 37.3 Å². The van der Waals surface area contributed by atoms with Crippen molar-refractivity contribution in [3.8, 4) is 0 Å². The van der Waals surface area contributed by atoms with Gasteiger partial charge in [-0.3, -0.25) is 4.79 Å². The molecule has 0 amide bonds. The van der Waals surface area contributed by atoms with Crippen LogP contribution >= 0.6 is 11.6 Å². The number of carboxylic acid groups (broad SMARTS) is 1. The normalized spacial score (nSPS) is 32.2. The Labute approximate surface area is 86.5 Å². The Balaban J connectivity index is 1.99. The van der Waals surface area contributed by atoms with Gasteiger partial charge in [0, 0.05) is 10.9 Å². The van der Waals surface area contributed by atoms with Crippen molar-refractivity contribution in [2.24, 2.45) is 11.8 Å². The summed E-state index contributed by atoms with van der Waals surface area (Å²) in [6, 6.07) is 5.78. The van der Waals surface area contributed by atoms with E-state index in [9.17, 15) is 4.79 Å². The minimum atomic E-state index is -0.652. The Hall–Kier alpha value is -1.02. The van der Waals surface area contributed by atoms with Crippen molar-refractivity contribution in [2.75, 3.05) is 0 Å². The van der Waals surface area contributed by atoms with Crippen LogP contribution in [0.4, 0.5) is 0 Å². The molecule has 2 aliphatic rings. The van der Waals surface area contributed by atoms with Crippen LogP contribution in [0.3, 0.4) is 0 Å². The predicted octanol–water partition coefficient (Wildman–Crippen LogP) is 2.31. The third-order valence-corrected chi connectivity index (χ3v) is 3.61. The summed E-state index contributed by atoms with van der Waals surface area (Å²) in [6.45, 7) is 0. The summed E-state index contributed by atoms with van der Waals surface area (Å²) >= 11 is 5.87. The SMILES string of the molecule is O=C(O)C1C2Cc3cc(Cl)ccc3C21. The Morgan fingerprint density at radius 2 is 2.29 bits per heavy atom. The molecule has 2 nitrogen and oxygen atoms in total. The van der Waals surface area contributed by atoms with Gasteiger partial charge in [-0.15, -0.1) is 0 Å². The van der Waals surface area contributed by atoms with Crippen molar-refractivity contribution in [2.45, 2.75) is 12.3 Å². The standard InChI is InChI=1S/C11H9ClO2/c12-6-1-2-7-5(3-6)4-8-9(7)10(8)11(13)14/h1-3,8-10H,4H2,(H,13,14). The smallest absolute Gasteiger partial charge is 0.307 e. The Morgan fingerprint density at radius 3 is 3.00 bits per heavy atom. The van der Waals surface area contributed by atoms with E-state index in [0.29, 0.717) is 5.92 Å². The lowest BCUT2D eigenvalue weighted by atomic mass is 10.0. The quantitative estimate of drug-likeness (QED) is 0.769. The van der Waals surface area contributed by atoms with Gasteiger partial charge in [-0.25, -0.2) is 0 Å². The van der Waals surface area contributed by atoms with Crippen LogP contribution in [0.25, 0.3) is 0 Å². The molecule has 0 saturated heterocycles. The van der Waals surface area contributed by atoms with E-state index in [0.717, 1.165) is 11.4 Å². The van der Waals surface area contributed by atoms with Crippen molar-refractivity contribution >= 4 is 17.6 Å². The first-order valence-corrected chi connectivity index (χ1v) is 5.07. The molecular formula is C11H9ClO2. The zero-order valence-electron chi connectivity index (χ0n) is 7.40. The predicted molar refractivity (Wildman–Crippen MR) is 52.5 cm³/mol. The molecule has 1 aromatic carbocycles. The largest absolute Gasteiger partial charge is 0.481 e. The van der Waals surface area contributed by atoms with Crippen LogP contribution in [0.1, 0.15) is 17.0 Å². The first-order chi connectivity index (χ1) is 6.68. The highest BCUT2D eigenvalue weighted by Crippen LogP contribution is 2.61. The van der Waals surface area contributed by atoms with Gasteiger partial charge in [0.25, 0.3) is 0 Å². The second-order valence-corrected chi connectivity index (χ2v) is 4.54. The van der Waals surface area contributed by atoms with Gasteiger partial charge in [-0.1, -0.05) is 17.7 Å². The molecule has 1 saturated carbocycles. The zero-order valence-corrected chi connectivity index (χ0v) is 8.16. The summed E-state index contributed by atoms with van der Waals surface area (Å²) in [4.78, 5) is 10.8. The molecule has 72 valence electrons. The van der Waals surface area contributed by atoms with Crippen molar-refractivity contribution < 1.29 is 9.90 Å². The van der Waals surface area contributed by atoms with Gasteiger partial charge in [-0.05, 0) is 35.6 Å². The van der Waals surface area contributed by atoms with E-state index in [1.165, 1.54) is 11.1 Å². The Bertz CT molecular complexity index is 427. The number of benzene rings is 1. The number of carbonyl (C=O) groups is 1. The number of hydrogen-bond donors (Lipinski definition) is 1. The molecule has 3 atom stereocenters. The molecule has 0 heterocycles. The third-order valence-electron chi connectivity index (χ3n) is 3.37. The van der Waals surface area contributed by atoms with Crippen molar-refractivity contribution in [3.05, 3.63) is 34.3 Å². The van der Waals surface area contributed by atoms with E-state index in [4.69, 9.17) is 16.7 Å². The first-order valence-electron chi connectivity index (χ1n) is 4.69. The fourth-order valence-corrected chi connectivity index (χ4v) is 2.91. The van der Waals surface area contributed by atoms with E-state index < -0.39 is 5.97 Å². The summed E-state index contributed by atoms with van der Waals surface area (Å²) in [6.07, 6.45) is 0.886. The van der Waals surface area contributed by atoms with E-state index in [1.807, 2.05) is 18.2 Å². The van der Waals surface area contributed by atoms with Crippen LogP contribution in [-0.2, 0) is 11.2 Å². The molecule has 14 heavy (non-hydrogen) atoms. The summed E-state index contributed by atoms with van der Waals surface area (Å²) in [5.41, 5.74) is 2.44. The Morgan fingerprint density at radius 1 is 1.50 bits per heavy atom. The minimum Gasteiger partial charge on any atom is -0.481 e. The van der Waals surface area contributed by atoms with Crippen LogP contribution in [0.5, 0.6) is 0 Å². The lowest BCUT2D eigenvalue weighted by Gasteiger charge is -2.04. The van der Waals surface area contributed by atoms with E-state index in [2.05, 4.69) is 0 Å². The van der Waals surface area contributed by atoms with Crippen LogP contribution in [0, 0.1) is 11.8 Å². The molecule has 3 heteroatoms. The molecule has 0 radical (unpaired) electrons. The van der Waals surface area contributed by atoms with Gasteiger partial charge >= 0.3 is 5.97 Å². The van der Waals surface area contributed by atoms with E-state index >= 15 is 0 Å². The van der Waals surface area contributed by atoms with Gasteiger partial charge in [0.05, 0.1) is 5.92 Å². The fraction of sp³-hybridized carbons (Fsp3) is 0.364. The highest BCUT2D eigenvalue weighted by Gasteiger charge is 2.59. The van der Waals surface area contributed by atoms with Gasteiger partial charge in [-0.2, -0.15) is 0 Å². The van der Waals surface area contributed by atoms with Crippen LogP contribution in [0.2, 0.25) is 5.02 Å². The third kappa shape index (κ3) is 0.947. The molecular weight excluding hydrogens is 200 g/mol. The molecule has 1 aromatic rings. The maximum atomic E-state index is 10.8. The summed E-state index contributed by atoms with van der Waals surface area (Å²) < 4.78 is 0. The number of carboxylic acids is 1. The molecule has 0 spiro atoms. The number of halogens is 1. The number of hydrogen-bond acceptors (Lipinski definition) is 1. The highest BCUT2D eigenvalue weighted by atomic mass is 35.5. The summed E-state index contributed by atoms with van der Waals surface area (Å²) in [5, 5.41) is 9.66. The number of aliphatic carboxylic acids is 1. The van der Waals surface area contributed by atoms with Crippen molar-refractivity contribution in [1.29, 1.82) is 0 Å². The van der Waals surface area contributed by atoms with Crippen molar-refractivity contribution in [1.82, 2.24) is 0 Å². The monoisotopic (exact) mass is 208 g/mol. The first kappa shape index (κ1) is 8.30. The van der Waals surface area contributed by atoms with Gasteiger partial charge < -0.3 is 5.11 Å². The lowest BCUT2D eigenvalue weighted by molar-refractivity contribution is -0.139. The Kier molecular flexibility index (Phi) is 1.49. The number of rotatable bonds is 1. The molecule has 1 fully saturated rings. The number of fused-ring (bicyclic) bond motifs is 3. The van der Waals surface area contributed by atoms with Crippen LogP contribution < -0.4 is 0 Å². The molecule has 3 rings (SSSR count). The van der Waals surface area contributed by atoms with Crippen LogP contribution in [0.15, 0.2) is 18.2 Å². The van der Waals surface area contributed by atoms with Crippen LogP contribution in [-0.4, -0.2) is 11.1 Å². The second kappa shape index (κ2) is 2.51. The lowest BCUT2D eigenvalue weighted by Crippen LogP contribution is -2.04. The molecule has 0 bridgehead atoms. The van der Waals surface area contributed by atoms with Crippen molar-refractivity contribution in [3.63, 3.8) is 0 Å². The molecule has 2 aliphatic carbocycles. The highest BCUT2D eigenvalue weighted by molar-refractivity contribution is 6.30. The maximum Gasteiger partial charge on any atom is 0.307 e. The maximum absolute atomic E-state index is 10.8. The van der Waals surface area contributed by atoms with Gasteiger partial charge in [0.2, 0.25) is 0 Å². The summed E-state index contributed by atoms with van der Waals surface area (Å²) in [7, 11) is 0. The van der Waals surface area contributed by atoms with E-state index in [1.54, 1.807) is 0 Å². The minimum absolute atomic E-state index is 0.135. The molecule has 1 N–H and O–H groups in total. The zero-order chi connectivity index (χ0) is 9.87.